The lowest BCUT2D eigenvalue weighted by atomic mass is 10.1. The summed E-state index contributed by atoms with van der Waals surface area (Å²) in [4.78, 5) is 12.2. The molecule has 0 spiro atoms. The monoisotopic (exact) mass is 329 g/mol. The smallest absolute Gasteiger partial charge is 0.350 e. The predicted molar refractivity (Wildman–Crippen MR) is 93.3 cm³/mol. The number of nitrogens with zero attached hydrogens (tertiary/aromatic N) is 3. The molecule has 0 saturated carbocycles. The molecule has 0 radical (unpaired) electrons. The molecule has 3 aromatic rings. The van der Waals surface area contributed by atoms with Gasteiger partial charge in [-0.15, -0.1) is 5.10 Å². The third-order valence-electron chi connectivity index (χ3n) is 3.63. The number of methoxy groups -OCH3 is 1. The number of hydrogen-bond acceptors (Lipinski definition) is 4. The second-order valence-corrected chi connectivity index (χ2v) is 6.41. The van der Waals surface area contributed by atoms with Gasteiger partial charge in [0.2, 0.25) is 0 Å². The van der Waals surface area contributed by atoms with E-state index < -0.39 is 0 Å². The van der Waals surface area contributed by atoms with E-state index in [9.17, 15) is 4.79 Å². The average Bonchev–Trinajstić information content (AvgIpc) is 2.88. The van der Waals surface area contributed by atoms with Crippen LogP contribution in [0.1, 0.15) is 11.1 Å². The van der Waals surface area contributed by atoms with Crippen LogP contribution in [0.2, 0.25) is 0 Å². The van der Waals surface area contributed by atoms with Crippen LogP contribution < -0.4 is 10.4 Å². The molecule has 0 fully saturated rings. The van der Waals surface area contributed by atoms with Crippen LogP contribution in [-0.4, -0.2) is 27.0 Å². The molecule has 0 N–H and O–H groups in total. The lowest BCUT2D eigenvalue weighted by molar-refractivity contribution is 0.411. The Morgan fingerprint density at radius 1 is 1.26 bits per heavy atom. The first-order valence-electron chi connectivity index (χ1n) is 7.44. The second kappa shape index (κ2) is 6.91. The van der Waals surface area contributed by atoms with E-state index in [1.807, 2.05) is 30.3 Å². The normalized spacial score (nSPS) is 11.0. The van der Waals surface area contributed by atoms with Crippen molar-refractivity contribution in [2.24, 2.45) is 0 Å². The maximum atomic E-state index is 12.2. The maximum Gasteiger partial charge on any atom is 0.350 e. The average molecular weight is 329 g/mol. The summed E-state index contributed by atoms with van der Waals surface area (Å²) in [7, 11) is 1.69. The van der Waals surface area contributed by atoms with Gasteiger partial charge in [-0.05, 0) is 25.1 Å². The summed E-state index contributed by atoms with van der Waals surface area (Å²) in [6.07, 6.45) is 1.74. The van der Waals surface area contributed by atoms with Crippen molar-refractivity contribution in [3.05, 3.63) is 64.2 Å². The molecule has 120 valence electrons. The van der Waals surface area contributed by atoms with Crippen LogP contribution in [0.25, 0.3) is 5.65 Å². The summed E-state index contributed by atoms with van der Waals surface area (Å²) >= 11 is 1.77. The lowest BCUT2D eigenvalue weighted by Crippen LogP contribution is -2.22. The molecule has 6 heteroatoms. The van der Waals surface area contributed by atoms with Crippen LogP contribution in [0.15, 0.2) is 47.4 Å². The summed E-state index contributed by atoms with van der Waals surface area (Å²) in [6.45, 7) is 2.67. The molecule has 3 rings (SSSR count). The highest BCUT2D eigenvalue weighted by atomic mass is 32.2. The highest BCUT2D eigenvalue weighted by molar-refractivity contribution is 7.98. The molecular weight excluding hydrogens is 310 g/mol. The predicted octanol–water partition coefficient (Wildman–Crippen LogP) is 2.75. The van der Waals surface area contributed by atoms with E-state index in [4.69, 9.17) is 4.74 Å². The Morgan fingerprint density at radius 2 is 2.13 bits per heavy atom. The van der Waals surface area contributed by atoms with Crippen molar-refractivity contribution in [1.82, 2.24) is 14.2 Å². The molecule has 23 heavy (non-hydrogen) atoms. The van der Waals surface area contributed by atoms with E-state index in [2.05, 4.69) is 18.1 Å². The number of benzene rings is 1. The fourth-order valence-electron chi connectivity index (χ4n) is 2.47. The van der Waals surface area contributed by atoms with Gasteiger partial charge in [0.15, 0.2) is 5.65 Å². The van der Waals surface area contributed by atoms with E-state index in [-0.39, 0.29) is 5.69 Å². The van der Waals surface area contributed by atoms with E-state index in [1.54, 1.807) is 29.5 Å². The molecule has 1 aromatic carbocycles. The minimum absolute atomic E-state index is 0.0886. The molecule has 0 aliphatic rings. The third kappa shape index (κ3) is 3.42. The topological polar surface area (TPSA) is 48.5 Å². The van der Waals surface area contributed by atoms with Gasteiger partial charge in [0.25, 0.3) is 0 Å². The minimum Gasteiger partial charge on any atom is -0.496 e. The Morgan fingerprint density at radius 3 is 2.91 bits per heavy atom. The lowest BCUT2D eigenvalue weighted by Gasteiger charge is -2.09. The Kier molecular flexibility index (Phi) is 4.71. The van der Waals surface area contributed by atoms with Crippen LogP contribution in [0.4, 0.5) is 0 Å². The molecule has 2 heterocycles. The van der Waals surface area contributed by atoms with Crippen LogP contribution in [0.3, 0.4) is 0 Å². The molecule has 0 aliphatic heterocycles. The summed E-state index contributed by atoms with van der Waals surface area (Å²) in [5.74, 6) is 2.58. The summed E-state index contributed by atoms with van der Waals surface area (Å²) in [5.41, 5.74) is 3.00. The molecule has 0 amide bonds. The molecule has 0 aliphatic carbocycles. The third-order valence-corrected chi connectivity index (χ3v) is 4.62. The zero-order valence-corrected chi connectivity index (χ0v) is 14.0. The number of ether oxygens (including phenoxy) is 1. The number of hydrogen-bond donors (Lipinski definition) is 0. The van der Waals surface area contributed by atoms with Crippen LogP contribution in [-0.2, 0) is 12.3 Å². The number of rotatable bonds is 6. The summed E-state index contributed by atoms with van der Waals surface area (Å²) < 4.78 is 8.48. The van der Waals surface area contributed by atoms with E-state index >= 15 is 0 Å². The van der Waals surface area contributed by atoms with Crippen LogP contribution in [0, 0.1) is 6.92 Å². The first kappa shape index (κ1) is 15.7. The van der Waals surface area contributed by atoms with E-state index in [0.29, 0.717) is 12.2 Å². The van der Waals surface area contributed by atoms with Gasteiger partial charge in [0, 0.05) is 23.3 Å². The van der Waals surface area contributed by atoms with Crippen molar-refractivity contribution in [3.63, 3.8) is 0 Å². The summed E-state index contributed by atoms with van der Waals surface area (Å²) in [6, 6.07) is 11.7. The zero-order valence-electron chi connectivity index (χ0n) is 13.2. The molecule has 0 atom stereocenters. The van der Waals surface area contributed by atoms with E-state index in [1.165, 1.54) is 15.8 Å². The SMILES string of the molecule is COc1ccc(C)cc1CSCCn1nc2ccccn2c1=O. The maximum absolute atomic E-state index is 12.2. The van der Waals surface area contributed by atoms with Gasteiger partial charge in [0.1, 0.15) is 5.75 Å². The van der Waals surface area contributed by atoms with Gasteiger partial charge in [-0.2, -0.15) is 11.8 Å². The van der Waals surface area contributed by atoms with E-state index in [0.717, 1.165) is 17.3 Å². The Labute approximate surface area is 138 Å². The van der Waals surface area contributed by atoms with Gasteiger partial charge in [-0.25, -0.2) is 9.48 Å². The van der Waals surface area contributed by atoms with Gasteiger partial charge < -0.3 is 4.74 Å². The number of aryl methyl sites for hydroxylation is 2. The highest BCUT2D eigenvalue weighted by Crippen LogP contribution is 2.24. The van der Waals surface area contributed by atoms with Crippen molar-refractivity contribution in [1.29, 1.82) is 0 Å². The minimum atomic E-state index is -0.0886. The summed E-state index contributed by atoms with van der Waals surface area (Å²) in [5, 5.41) is 4.33. The molecule has 5 nitrogen and oxygen atoms in total. The van der Waals surface area contributed by atoms with Crippen molar-refractivity contribution < 1.29 is 4.74 Å². The van der Waals surface area contributed by atoms with Crippen molar-refractivity contribution in [3.8, 4) is 5.75 Å². The number of pyridine rings is 1. The largest absolute Gasteiger partial charge is 0.496 e. The highest BCUT2D eigenvalue weighted by Gasteiger charge is 2.07. The molecule has 2 aromatic heterocycles. The Bertz CT molecular complexity index is 870. The number of thioether (sulfide) groups is 1. The van der Waals surface area contributed by atoms with Crippen molar-refractivity contribution in [2.45, 2.75) is 19.2 Å². The Balaban J connectivity index is 1.62. The van der Waals surface area contributed by atoms with Gasteiger partial charge in [-0.3, -0.25) is 4.40 Å². The first-order chi connectivity index (χ1) is 11.2. The Hall–Kier alpha value is -2.21. The molecule has 0 saturated heterocycles. The second-order valence-electron chi connectivity index (χ2n) is 5.30. The van der Waals surface area contributed by atoms with Crippen LogP contribution >= 0.6 is 11.8 Å². The molecule has 0 bridgehead atoms. The number of fused-ring (bicyclic) bond motifs is 1. The van der Waals surface area contributed by atoms with Gasteiger partial charge in [-0.1, -0.05) is 23.8 Å². The fourth-order valence-corrected chi connectivity index (χ4v) is 3.36. The van der Waals surface area contributed by atoms with Crippen LogP contribution in [0.5, 0.6) is 5.75 Å². The first-order valence-corrected chi connectivity index (χ1v) is 8.60. The quantitative estimate of drug-likeness (QED) is 0.653. The van der Waals surface area contributed by atoms with Crippen molar-refractivity contribution in [2.75, 3.05) is 12.9 Å². The number of aromatic nitrogens is 3. The standard InChI is InChI=1S/C17H19N3O2S/c1-13-6-7-15(22-2)14(11-13)12-23-10-9-20-17(21)19-8-4-3-5-16(19)18-20/h3-8,11H,9-10,12H2,1-2H3. The van der Waals surface area contributed by atoms with Crippen molar-refractivity contribution >= 4 is 17.4 Å². The van der Waals surface area contributed by atoms with Gasteiger partial charge in [0.05, 0.1) is 13.7 Å². The fraction of sp³-hybridized carbons (Fsp3) is 0.294. The van der Waals surface area contributed by atoms with Gasteiger partial charge >= 0.3 is 5.69 Å². The zero-order chi connectivity index (χ0) is 16.2. The molecular formula is C17H19N3O2S. The molecule has 0 unspecified atom stereocenters.